The van der Waals surface area contributed by atoms with E-state index in [-0.39, 0.29) is 0 Å². The molecule has 0 aromatic carbocycles. The number of rotatable bonds is 3. The molecule has 23 heavy (non-hydrogen) atoms. The number of aromatic nitrogens is 4. The Hall–Kier alpha value is -2.18. The fraction of sp³-hybridized carbons (Fsp3) is 0.312. The zero-order valence-electron chi connectivity index (χ0n) is 12.7. The monoisotopic (exact) mass is 329 g/mol. The summed E-state index contributed by atoms with van der Waals surface area (Å²) in [6.07, 6.45) is 6.24. The van der Waals surface area contributed by atoms with Crippen LogP contribution in [0.1, 0.15) is 17.0 Å². The van der Waals surface area contributed by atoms with Crippen LogP contribution in [0.2, 0.25) is 5.02 Å². The highest BCUT2D eigenvalue weighted by Crippen LogP contribution is 2.23. The molecule has 118 valence electrons. The van der Waals surface area contributed by atoms with Gasteiger partial charge in [-0.1, -0.05) is 11.6 Å². The summed E-state index contributed by atoms with van der Waals surface area (Å²) in [5, 5.41) is 5.12. The van der Waals surface area contributed by atoms with Crippen molar-refractivity contribution in [3.8, 4) is 11.6 Å². The number of furan rings is 1. The molecule has 0 radical (unpaired) electrons. The Morgan fingerprint density at radius 3 is 3.04 bits per heavy atom. The lowest BCUT2D eigenvalue weighted by Crippen LogP contribution is -2.31. The zero-order chi connectivity index (χ0) is 15.8. The molecule has 4 rings (SSSR count). The highest BCUT2D eigenvalue weighted by Gasteiger charge is 2.21. The average Bonchev–Trinajstić information content (AvgIpc) is 3.17. The van der Waals surface area contributed by atoms with E-state index >= 15 is 0 Å². The van der Waals surface area contributed by atoms with E-state index in [0.717, 1.165) is 43.0 Å². The summed E-state index contributed by atoms with van der Waals surface area (Å²) in [6.45, 7) is 2.47. The third-order valence-electron chi connectivity index (χ3n) is 3.98. The van der Waals surface area contributed by atoms with Crippen molar-refractivity contribution in [2.45, 2.75) is 19.5 Å². The Bertz CT molecular complexity index is 827. The molecule has 0 amide bonds. The van der Waals surface area contributed by atoms with Crippen LogP contribution in [0.3, 0.4) is 0 Å². The highest BCUT2D eigenvalue weighted by atomic mass is 35.5. The minimum atomic E-state index is 0.648. The van der Waals surface area contributed by atoms with Crippen molar-refractivity contribution in [2.24, 2.45) is 7.05 Å². The van der Waals surface area contributed by atoms with Crippen molar-refractivity contribution >= 4 is 11.6 Å². The van der Waals surface area contributed by atoms with E-state index < -0.39 is 0 Å². The molecule has 0 saturated carbocycles. The number of halogens is 1. The lowest BCUT2D eigenvalue weighted by Gasteiger charge is -2.27. The van der Waals surface area contributed by atoms with Gasteiger partial charge in [-0.05, 0) is 12.1 Å². The van der Waals surface area contributed by atoms with Gasteiger partial charge in [-0.3, -0.25) is 9.58 Å². The lowest BCUT2D eigenvalue weighted by atomic mass is 10.1. The number of hydrogen-bond acceptors (Lipinski definition) is 5. The normalized spacial score (nSPS) is 14.9. The van der Waals surface area contributed by atoms with Gasteiger partial charge < -0.3 is 4.42 Å². The molecule has 0 aliphatic carbocycles. The summed E-state index contributed by atoms with van der Waals surface area (Å²) in [7, 11) is 1.88. The Labute approximate surface area is 138 Å². The minimum Gasteiger partial charge on any atom is -0.461 e. The number of nitrogens with zero attached hydrogens (tertiary/aromatic N) is 5. The maximum Gasteiger partial charge on any atom is 0.195 e. The third kappa shape index (κ3) is 2.87. The molecular formula is C16H16ClN5O. The van der Waals surface area contributed by atoms with Crippen LogP contribution in [-0.4, -0.2) is 31.2 Å². The second-order valence-electron chi connectivity index (χ2n) is 5.70. The van der Waals surface area contributed by atoms with Gasteiger partial charge in [0, 0.05) is 51.1 Å². The van der Waals surface area contributed by atoms with Crippen LogP contribution in [0.25, 0.3) is 11.6 Å². The quantitative estimate of drug-likeness (QED) is 0.739. The third-order valence-corrected chi connectivity index (χ3v) is 4.30. The summed E-state index contributed by atoms with van der Waals surface area (Å²) in [4.78, 5) is 11.4. The van der Waals surface area contributed by atoms with E-state index in [4.69, 9.17) is 16.0 Å². The molecule has 6 nitrogen and oxygen atoms in total. The average molecular weight is 330 g/mol. The van der Waals surface area contributed by atoms with Crippen molar-refractivity contribution < 1.29 is 4.42 Å². The molecule has 0 spiro atoms. The SMILES string of the molecule is Cn1cc(Cl)c(CN2CCc3nc(-c4ccco4)ncc3C2)n1. The number of aryl methyl sites for hydroxylation is 1. The van der Waals surface area contributed by atoms with Crippen LogP contribution >= 0.6 is 11.6 Å². The Balaban J connectivity index is 1.52. The molecule has 0 atom stereocenters. The van der Waals surface area contributed by atoms with E-state index in [1.54, 1.807) is 10.9 Å². The summed E-state index contributed by atoms with van der Waals surface area (Å²) in [5.74, 6) is 1.35. The van der Waals surface area contributed by atoms with Gasteiger partial charge in [-0.25, -0.2) is 9.97 Å². The lowest BCUT2D eigenvalue weighted by molar-refractivity contribution is 0.239. The van der Waals surface area contributed by atoms with Crippen LogP contribution in [0.4, 0.5) is 0 Å². The molecule has 0 unspecified atom stereocenters. The molecule has 7 heteroatoms. The first-order chi connectivity index (χ1) is 11.2. The smallest absolute Gasteiger partial charge is 0.195 e. The first-order valence-electron chi connectivity index (χ1n) is 7.48. The van der Waals surface area contributed by atoms with Crippen LogP contribution in [0.5, 0.6) is 0 Å². The van der Waals surface area contributed by atoms with Crippen molar-refractivity contribution in [1.29, 1.82) is 0 Å². The van der Waals surface area contributed by atoms with Gasteiger partial charge in [0.15, 0.2) is 11.6 Å². The number of fused-ring (bicyclic) bond motifs is 1. The van der Waals surface area contributed by atoms with Gasteiger partial charge in [-0.2, -0.15) is 5.10 Å². The molecule has 1 aliphatic heterocycles. The highest BCUT2D eigenvalue weighted by molar-refractivity contribution is 6.31. The standard InChI is InChI=1S/C16H16ClN5O/c1-21-9-12(17)14(20-21)10-22-5-4-13-11(8-22)7-18-16(19-13)15-3-2-6-23-15/h2-3,6-7,9H,4-5,8,10H2,1H3. The fourth-order valence-corrected chi connectivity index (χ4v) is 3.10. The Kier molecular flexibility index (Phi) is 3.63. The van der Waals surface area contributed by atoms with Gasteiger partial charge in [0.25, 0.3) is 0 Å². The summed E-state index contributed by atoms with van der Waals surface area (Å²) in [6, 6.07) is 3.72. The Morgan fingerprint density at radius 1 is 1.39 bits per heavy atom. The molecule has 0 N–H and O–H groups in total. The molecule has 4 heterocycles. The molecule has 0 fully saturated rings. The molecule has 0 bridgehead atoms. The van der Waals surface area contributed by atoms with Crippen LogP contribution < -0.4 is 0 Å². The fourth-order valence-electron chi connectivity index (χ4n) is 2.86. The van der Waals surface area contributed by atoms with Gasteiger partial charge in [0.05, 0.1) is 22.7 Å². The second-order valence-corrected chi connectivity index (χ2v) is 6.11. The zero-order valence-corrected chi connectivity index (χ0v) is 13.5. The van der Waals surface area contributed by atoms with Crippen molar-refractivity contribution in [1.82, 2.24) is 24.6 Å². The molecule has 0 saturated heterocycles. The Morgan fingerprint density at radius 2 is 2.30 bits per heavy atom. The second kappa shape index (κ2) is 5.79. The summed E-state index contributed by atoms with van der Waals surface area (Å²) >= 11 is 6.20. The topological polar surface area (TPSA) is 60.0 Å². The van der Waals surface area contributed by atoms with Crippen LogP contribution in [0.15, 0.2) is 35.2 Å². The predicted octanol–water partition coefficient (Wildman–Crippen LogP) is 2.68. The van der Waals surface area contributed by atoms with Crippen LogP contribution in [-0.2, 0) is 26.6 Å². The van der Waals surface area contributed by atoms with E-state index in [1.807, 2.05) is 31.6 Å². The first-order valence-corrected chi connectivity index (χ1v) is 7.86. The summed E-state index contributed by atoms with van der Waals surface area (Å²) < 4.78 is 7.11. The van der Waals surface area contributed by atoms with Crippen molar-refractivity contribution in [2.75, 3.05) is 6.54 Å². The van der Waals surface area contributed by atoms with Gasteiger partial charge in [-0.15, -0.1) is 0 Å². The molecule has 3 aromatic rings. The van der Waals surface area contributed by atoms with E-state index in [0.29, 0.717) is 16.6 Å². The molecule has 1 aliphatic rings. The van der Waals surface area contributed by atoms with Gasteiger partial charge in [0.1, 0.15) is 0 Å². The van der Waals surface area contributed by atoms with E-state index in [2.05, 4.69) is 20.0 Å². The maximum absolute atomic E-state index is 6.20. The van der Waals surface area contributed by atoms with Gasteiger partial charge >= 0.3 is 0 Å². The van der Waals surface area contributed by atoms with E-state index in [9.17, 15) is 0 Å². The minimum absolute atomic E-state index is 0.648. The number of hydrogen-bond donors (Lipinski definition) is 0. The van der Waals surface area contributed by atoms with Crippen molar-refractivity contribution in [3.63, 3.8) is 0 Å². The summed E-state index contributed by atoms with van der Waals surface area (Å²) in [5.41, 5.74) is 3.15. The first kappa shape index (κ1) is 14.4. The molecule has 3 aromatic heterocycles. The molecular weight excluding hydrogens is 314 g/mol. The van der Waals surface area contributed by atoms with Crippen molar-refractivity contribution in [3.05, 3.63) is 52.8 Å². The maximum atomic E-state index is 6.20. The van der Waals surface area contributed by atoms with E-state index in [1.165, 1.54) is 0 Å². The van der Waals surface area contributed by atoms with Crippen LogP contribution in [0, 0.1) is 0 Å². The largest absolute Gasteiger partial charge is 0.461 e. The van der Waals surface area contributed by atoms with Gasteiger partial charge in [0.2, 0.25) is 0 Å². The predicted molar refractivity (Wildman–Crippen MR) is 85.8 cm³/mol.